The quantitative estimate of drug-likeness (QED) is 0.227. The zero-order valence-corrected chi connectivity index (χ0v) is 23.4. The Morgan fingerprint density at radius 1 is 0.641 bits per heavy atom. The van der Waals surface area contributed by atoms with E-state index in [1.807, 2.05) is 120 Å². The molecule has 4 aromatic carbocycles. The van der Waals surface area contributed by atoms with Crippen molar-refractivity contribution in [2.75, 3.05) is 13.1 Å². The number of nitrogens with zero attached hydrogens (tertiary/aromatic N) is 1. The van der Waals surface area contributed by atoms with E-state index >= 15 is 0 Å². The van der Waals surface area contributed by atoms with E-state index in [4.69, 9.17) is 11.2 Å². The van der Waals surface area contributed by atoms with Crippen LogP contribution in [0.5, 0.6) is 0 Å². The Kier molecular flexibility index (Phi) is 7.97. The van der Waals surface area contributed by atoms with E-state index in [0.717, 1.165) is 35.2 Å². The average molecular weight is 555 g/mol. The number of hydrogen-bond donors (Lipinski definition) is 1. The van der Waals surface area contributed by atoms with Crippen molar-refractivity contribution in [3.63, 3.8) is 0 Å². The number of benzene rings is 4. The second-order valence-corrected chi connectivity index (χ2v) is 15.9. The Balaban J connectivity index is 1.79. The first-order chi connectivity index (χ1) is 19.0. The maximum atomic E-state index is 14.2. The third kappa shape index (κ3) is 5.28. The van der Waals surface area contributed by atoms with Crippen LogP contribution in [-0.4, -0.2) is 29.8 Å². The van der Waals surface area contributed by atoms with E-state index in [0.29, 0.717) is 18.7 Å². The summed E-state index contributed by atoms with van der Waals surface area (Å²) in [5.41, 5.74) is 0.679. The summed E-state index contributed by atoms with van der Waals surface area (Å²) in [7, 11) is 0. The number of halogens is 1. The van der Waals surface area contributed by atoms with E-state index in [2.05, 4.69) is 5.32 Å². The summed E-state index contributed by atoms with van der Waals surface area (Å²) in [6.45, 7) is 1.30. The van der Waals surface area contributed by atoms with Gasteiger partial charge >= 0.3 is 235 Å². The van der Waals surface area contributed by atoms with Crippen LogP contribution in [0.3, 0.4) is 0 Å². The second kappa shape index (κ2) is 11.6. The summed E-state index contributed by atoms with van der Waals surface area (Å²) in [5.74, 6) is -2.64. The summed E-state index contributed by atoms with van der Waals surface area (Å²) in [4.78, 5) is 29.5. The molecule has 1 aliphatic rings. The number of nitrogens with one attached hydrogen (secondary N) is 1. The van der Waals surface area contributed by atoms with Crippen LogP contribution >= 0.6 is 17.2 Å². The fourth-order valence-electron chi connectivity index (χ4n) is 5.26. The predicted octanol–water partition coefficient (Wildman–Crippen LogP) is 5.95. The molecule has 1 heterocycles. The maximum absolute atomic E-state index is 14.2. The van der Waals surface area contributed by atoms with Gasteiger partial charge in [0.25, 0.3) is 0 Å². The number of piperidine rings is 1. The zero-order chi connectivity index (χ0) is 27.2. The van der Waals surface area contributed by atoms with Gasteiger partial charge in [-0.15, -0.1) is 0 Å². The second-order valence-electron chi connectivity index (χ2n) is 9.80. The third-order valence-corrected chi connectivity index (χ3v) is 14.0. The Labute approximate surface area is 235 Å². The summed E-state index contributed by atoms with van der Waals surface area (Å²) < 4.78 is 0. The van der Waals surface area contributed by atoms with Crippen LogP contribution in [0.25, 0.3) is 0 Å². The summed E-state index contributed by atoms with van der Waals surface area (Å²) in [6, 6.07) is 38.7. The van der Waals surface area contributed by atoms with Crippen molar-refractivity contribution in [1.82, 2.24) is 10.2 Å². The molecule has 0 aromatic heterocycles. The average Bonchev–Trinajstić information content (AvgIpc) is 3.02. The van der Waals surface area contributed by atoms with Crippen molar-refractivity contribution < 1.29 is 9.59 Å². The Morgan fingerprint density at radius 2 is 1.05 bits per heavy atom. The molecule has 0 spiro atoms. The van der Waals surface area contributed by atoms with E-state index < -0.39 is 5.96 Å². The van der Waals surface area contributed by atoms with Crippen molar-refractivity contribution in [2.45, 2.75) is 19.3 Å². The van der Waals surface area contributed by atoms with Crippen LogP contribution < -0.4 is 21.2 Å². The molecule has 39 heavy (non-hydrogen) atoms. The molecule has 4 aromatic rings. The molecular weight excluding hydrogens is 523 g/mol. The molecule has 198 valence electrons. The zero-order valence-electron chi connectivity index (χ0n) is 21.7. The van der Waals surface area contributed by atoms with Crippen molar-refractivity contribution in [2.24, 2.45) is 0 Å². The van der Waals surface area contributed by atoms with Crippen LogP contribution in [0.1, 0.15) is 29.6 Å². The van der Waals surface area contributed by atoms with Crippen molar-refractivity contribution >= 4 is 44.9 Å². The Bertz CT molecular complexity index is 1360. The van der Waals surface area contributed by atoms with E-state index in [-0.39, 0.29) is 17.5 Å². The first-order valence-corrected chi connectivity index (χ1v) is 16.5. The normalized spacial score (nSPS) is 15.2. The van der Waals surface area contributed by atoms with Gasteiger partial charge in [-0.2, -0.15) is 0 Å². The molecule has 1 fully saturated rings. The van der Waals surface area contributed by atoms with Gasteiger partial charge in [-0.1, -0.05) is 0 Å². The van der Waals surface area contributed by atoms with E-state index in [1.54, 1.807) is 12.1 Å². The van der Waals surface area contributed by atoms with Gasteiger partial charge in [-0.3, -0.25) is 0 Å². The Hall–Kier alpha value is -3.72. The van der Waals surface area contributed by atoms with Gasteiger partial charge in [-0.25, -0.2) is 0 Å². The molecule has 5 rings (SSSR count). The monoisotopic (exact) mass is 554 g/mol. The predicted molar refractivity (Wildman–Crippen MR) is 163 cm³/mol. The molecule has 0 radical (unpaired) electrons. The molecule has 1 N–H and O–H groups in total. The summed E-state index contributed by atoms with van der Waals surface area (Å²) in [6.07, 6.45) is 2.96. The molecule has 0 bridgehead atoms. The fourth-order valence-corrected chi connectivity index (χ4v) is 10.8. The van der Waals surface area contributed by atoms with Crippen molar-refractivity contribution in [1.29, 1.82) is 0 Å². The van der Waals surface area contributed by atoms with Gasteiger partial charge in [0.2, 0.25) is 0 Å². The third-order valence-electron chi connectivity index (χ3n) is 7.31. The SMILES string of the molecule is O=C(NC(=CP(Cl)(c1ccccc1)(c1ccccc1)c1ccccc1)C(=O)N1CCCCC1)c1ccccc1. The first kappa shape index (κ1) is 26.9. The molecule has 1 saturated heterocycles. The summed E-state index contributed by atoms with van der Waals surface area (Å²) in [5, 5.41) is 5.67. The molecule has 0 saturated carbocycles. The topological polar surface area (TPSA) is 49.4 Å². The number of carbonyl (C=O) groups is 2. The molecule has 0 atom stereocenters. The number of likely N-dealkylation sites (tertiary alicyclic amines) is 1. The molecular formula is C33H32ClN2O2P. The van der Waals surface area contributed by atoms with Gasteiger partial charge < -0.3 is 0 Å². The van der Waals surface area contributed by atoms with Crippen LogP contribution in [0, 0.1) is 0 Å². The minimum absolute atomic E-state index is 0.204. The first-order valence-electron chi connectivity index (χ1n) is 13.3. The molecule has 2 amide bonds. The molecule has 0 unspecified atom stereocenters. The number of hydrogen-bond acceptors (Lipinski definition) is 2. The minimum atomic E-state index is -3.96. The number of amides is 2. The molecule has 6 heteroatoms. The fraction of sp³-hybridized carbons (Fsp3) is 0.152. The summed E-state index contributed by atoms with van der Waals surface area (Å²) >= 11 is 8.21. The number of carbonyl (C=O) groups excluding carboxylic acids is 2. The van der Waals surface area contributed by atoms with Crippen molar-refractivity contribution in [3.05, 3.63) is 138 Å². The van der Waals surface area contributed by atoms with E-state index in [1.165, 1.54) is 0 Å². The molecule has 1 aliphatic heterocycles. The van der Waals surface area contributed by atoms with Crippen LogP contribution in [0.4, 0.5) is 0 Å². The van der Waals surface area contributed by atoms with Gasteiger partial charge in [-0.05, 0) is 0 Å². The number of rotatable bonds is 7. The van der Waals surface area contributed by atoms with E-state index in [9.17, 15) is 9.59 Å². The Morgan fingerprint density at radius 3 is 1.49 bits per heavy atom. The van der Waals surface area contributed by atoms with Gasteiger partial charge in [0.05, 0.1) is 0 Å². The van der Waals surface area contributed by atoms with Gasteiger partial charge in [0.1, 0.15) is 0 Å². The van der Waals surface area contributed by atoms with Gasteiger partial charge in [0, 0.05) is 0 Å². The molecule has 4 nitrogen and oxygen atoms in total. The molecule has 0 aliphatic carbocycles. The van der Waals surface area contributed by atoms with Crippen LogP contribution in [0.2, 0.25) is 0 Å². The van der Waals surface area contributed by atoms with Crippen LogP contribution in [-0.2, 0) is 4.79 Å². The van der Waals surface area contributed by atoms with Gasteiger partial charge in [0.15, 0.2) is 0 Å². The standard InChI is InChI=1S/C33H32ClN2O2P/c34-39(28-18-8-2-9-19-28,29-20-10-3-11-21-29,30-22-12-4-13-23-30)26-31(33(38)36-24-14-5-15-25-36)35-32(37)27-16-6-1-7-17-27/h1-4,6-13,16-23,26H,5,14-15,24-25H2,(H,35,37). The van der Waals surface area contributed by atoms with Crippen LogP contribution in [0.15, 0.2) is 133 Å². The van der Waals surface area contributed by atoms with Crippen molar-refractivity contribution in [3.8, 4) is 0 Å².